The second-order valence-corrected chi connectivity index (χ2v) is 8.51. The van der Waals surface area contributed by atoms with E-state index < -0.39 is 10.0 Å². The van der Waals surface area contributed by atoms with Gasteiger partial charge in [-0.05, 0) is 56.2 Å². The molecule has 128 valence electrons. The lowest BCUT2D eigenvalue weighted by atomic mass is 9.97. The van der Waals surface area contributed by atoms with E-state index in [-0.39, 0.29) is 6.10 Å². The van der Waals surface area contributed by atoms with Crippen LogP contribution in [-0.4, -0.2) is 41.3 Å². The smallest absolute Gasteiger partial charge is 0.240 e. The molecule has 0 aromatic heterocycles. The zero-order valence-electron chi connectivity index (χ0n) is 13.9. The van der Waals surface area contributed by atoms with Crippen LogP contribution in [0.1, 0.15) is 31.7 Å². The fourth-order valence-corrected chi connectivity index (χ4v) is 4.63. The van der Waals surface area contributed by atoms with E-state index in [1.54, 1.807) is 6.07 Å². The van der Waals surface area contributed by atoms with Crippen molar-refractivity contribution in [2.75, 3.05) is 31.6 Å². The standard InChI is InChI=1S/C17H26N2O3S/c1-13-10-14(7-9-22-13)12-18-23(20,21)16-6-5-15-4-3-8-19(2)17(15)11-16/h5-6,11,13-14,18H,3-4,7-10,12H2,1-2H3/t13-,14-/m1/s1. The lowest BCUT2D eigenvalue weighted by Crippen LogP contribution is -2.34. The number of anilines is 1. The van der Waals surface area contributed by atoms with Crippen LogP contribution in [0.3, 0.4) is 0 Å². The van der Waals surface area contributed by atoms with Gasteiger partial charge in [-0.2, -0.15) is 0 Å². The summed E-state index contributed by atoms with van der Waals surface area (Å²) >= 11 is 0. The van der Waals surface area contributed by atoms with Crippen LogP contribution in [0.4, 0.5) is 5.69 Å². The average Bonchev–Trinajstić information content (AvgIpc) is 2.53. The molecule has 0 amide bonds. The van der Waals surface area contributed by atoms with Crippen molar-refractivity contribution < 1.29 is 13.2 Å². The summed E-state index contributed by atoms with van der Waals surface area (Å²) in [6.45, 7) is 4.23. The van der Waals surface area contributed by atoms with E-state index in [1.807, 2.05) is 26.1 Å². The van der Waals surface area contributed by atoms with Crippen molar-refractivity contribution in [3.05, 3.63) is 23.8 Å². The molecule has 1 fully saturated rings. The summed E-state index contributed by atoms with van der Waals surface area (Å²) in [7, 11) is -1.43. The number of nitrogens with one attached hydrogen (secondary N) is 1. The summed E-state index contributed by atoms with van der Waals surface area (Å²) < 4.78 is 33.5. The molecule has 1 saturated heterocycles. The number of benzene rings is 1. The first kappa shape index (κ1) is 16.7. The molecule has 2 aliphatic rings. The molecule has 0 spiro atoms. The van der Waals surface area contributed by atoms with Gasteiger partial charge in [-0.25, -0.2) is 13.1 Å². The fourth-order valence-electron chi connectivity index (χ4n) is 3.49. The highest BCUT2D eigenvalue weighted by atomic mass is 32.2. The van der Waals surface area contributed by atoms with Gasteiger partial charge in [0.15, 0.2) is 0 Å². The van der Waals surface area contributed by atoms with E-state index in [9.17, 15) is 8.42 Å². The number of ether oxygens (including phenoxy) is 1. The number of sulfonamides is 1. The predicted octanol–water partition coefficient (Wildman–Crippen LogP) is 2.16. The quantitative estimate of drug-likeness (QED) is 0.914. The lowest BCUT2D eigenvalue weighted by molar-refractivity contribution is 0.00397. The minimum Gasteiger partial charge on any atom is -0.378 e. The maximum atomic E-state index is 12.6. The molecule has 0 saturated carbocycles. The first-order chi connectivity index (χ1) is 11.0. The van der Waals surface area contributed by atoms with Crippen LogP contribution in [0, 0.1) is 5.92 Å². The molecule has 3 rings (SSSR count). The van der Waals surface area contributed by atoms with Crippen LogP contribution in [0.5, 0.6) is 0 Å². The molecule has 0 radical (unpaired) electrons. The van der Waals surface area contributed by atoms with Gasteiger partial charge in [-0.15, -0.1) is 0 Å². The first-order valence-corrected chi connectivity index (χ1v) is 9.89. The normalized spacial score (nSPS) is 25.2. The Kier molecular flexibility index (Phi) is 4.94. The topological polar surface area (TPSA) is 58.6 Å². The molecule has 2 atom stereocenters. The Bertz CT molecular complexity index is 660. The number of fused-ring (bicyclic) bond motifs is 1. The fraction of sp³-hybridized carbons (Fsp3) is 0.647. The molecule has 1 aromatic rings. The molecule has 1 N–H and O–H groups in total. The molecule has 0 unspecified atom stereocenters. The van der Waals surface area contributed by atoms with Crippen LogP contribution in [0.25, 0.3) is 0 Å². The second-order valence-electron chi connectivity index (χ2n) is 6.74. The third-order valence-corrected chi connectivity index (χ3v) is 6.29. The van der Waals surface area contributed by atoms with E-state index >= 15 is 0 Å². The lowest BCUT2D eigenvalue weighted by Gasteiger charge is -2.28. The van der Waals surface area contributed by atoms with Gasteiger partial charge in [0.2, 0.25) is 10.0 Å². The number of aryl methyl sites for hydroxylation is 1. The van der Waals surface area contributed by atoms with Gasteiger partial charge < -0.3 is 9.64 Å². The van der Waals surface area contributed by atoms with Crippen LogP contribution in [0.15, 0.2) is 23.1 Å². The van der Waals surface area contributed by atoms with E-state index in [2.05, 4.69) is 9.62 Å². The second kappa shape index (κ2) is 6.79. The van der Waals surface area contributed by atoms with Crippen molar-refractivity contribution in [2.24, 2.45) is 5.92 Å². The molecule has 6 heteroatoms. The van der Waals surface area contributed by atoms with Crippen LogP contribution in [-0.2, 0) is 21.2 Å². The van der Waals surface area contributed by atoms with Crippen molar-refractivity contribution in [3.63, 3.8) is 0 Å². The molecule has 0 bridgehead atoms. The number of rotatable bonds is 4. The van der Waals surface area contributed by atoms with Gasteiger partial charge in [0.05, 0.1) is 11.0 Å². The Morgan fingerprint density at radius 1 is 1.39 bits per heavy atom. The molecular weight excluding hydrogens is 312 g/mol. The van der Waals surface area contributed by atoms with E-state index in [0.717, 1.165) is 44.5 Å². The molecule has 5 nitrogen and oxygen atoms in total. The summed E-state index contributed by atoms with van der Waals surface area (Å²) in [5, 5.41) is 0. The van der Waals surface area contributed by atoms with E-state index in [4.69, 9.17) is 4.74 Å². The van der Waals surface area contributed by atoms with Crippen molar-refractivity contribution in [1.82, 2.24) is 4.72 Å². The zero-order valence-corrected chi connectivity index (χ0v) is 14.7. The summed E-state index contributed by atoms with van der Waals surface area (Å²) in [6.07, 6.45) is 4.19. The number of nitrogens with zero attached hydrogens (tertiary/aromatic N) is 1. The first-order valence-electron chi connectivity index (χ1n) is 8.41. The van der Waals surface area contributed by atoms with Crippen molar-refractivity contribution in [3.8, 4) is 0 Å². The van der Waals surface area contributed by atoms with Gasteiger partial charge in [0.25, 0.3) is 0 Å². The van der Waals surface area contributed by atoms with E-state index in [0.29, 0.717) is 17.4 Å². The Labute approximate surface area is 139 Å². The average molecular weight is 338 g/mol. The molecule has 0 aliphatic carbocycles. The summed E-state index contributed by atoms with van der Waals surface area (Å²) in [5.41, 5.74) is 2.27. The van der Waals surface area contributed by atoms with Gasteiger partial charge in [0, 0.05) is 32.4 Å². The monoisotopic (exact) mass is 338 g/mol. The largest absolute Gasteiger partial charge is 0.378 e. The maximum Gasteiger partial charge on any atom is 0.240 e. The summed E-state index contributed by atoms with van der Waals surface area (Å²) in [5.74, 6) is 0.355. The van der Waals surface area contributed by atoms with Crippen LogP contribution < -0.4 is 9.62 Å². The minimum atomic E-state index is -3.45. The third kappa shape index (κ3) is 3.87. The van der Waals surface area contributed by atoms with Crippen molar-refractivity contribution in [1.29, 1.82) is 0 Å². The predicted molar refractivity (Wildman–Crippen MR) is 91.4 cm³/mol. The SMILES string of the molecule is C[C@@H]1C[C@H](CNS(=O)(=O)c2ccc3c(c2)N(C)CCC3)CCO1. The molecular formula is C17H26N2O3S. The summed E-state index contributed by atoms with van der Waals surface area (Å²) in [6, 6.07) is 5.49. The molecule has 1 aromatic carbocycles. The van der Waals surface area contributed by atoms with Crippen molar-refractivity contribution in [2.45, 2.75) is 43.6 Å². The zero-order chi connectivity index (χ0) is 16.4. The van der Waals surface area contributed by atoms with Gasteiger partial charge in [-0.1, -0.05) is 6.07 Å². The third-order valence-electron chi connectivity index (χ3n) is 4.87. The number of hydrogen-bond donors (Lipinski definition) is 1. The highest BCUT2D eigenvalue weighted by Crippen LogP contribution is 2.28. The Morgan fingerprint density at radius 3 is 3.00 bits per heavy atom. The molecule has 23 heavy (non-hydrogen) atoms. The Balaban J connectivity index is 1.71. The van der Waals surface area contributed by atoms with Gasteiger partial charge in [0.1, 0.15) is 0 Å². The summed E-state index contributed by atoms with van der Waals surface area (Å²) in [4.78, 5) is 2.50. The number of hydrogen-bond acceptors (Lipinski definition) is 4. The van der Waals surface area contributed by atoms with Crippen molar-refractivity contribution >= 4 is 15.7 Å². The Morgan fingerprint density at radius 2 is 2.22 bits per heavy atom. The highest BCUT2D eigenvalue weighted by molar-refractivity contribution is 7.89. The van der Waals surface area contributed by atoms with Gasteiger partial charge in [-0.3, -0.25) is 0 Å². The minimum absolute atomic E-state index is 0.218. The molecule has 2 aliphatic heterocycles. The Hall–Kier alpha value is -1.11. The molecule has 2 heterocycles. The van der Waals surface area contributed by atoms with E-state index in [1.165, 1.54) is 5.56 Å². The highest BCUT2D eigenvalue weighted by Gasteiger charge is 2.23. The van der Waals surface area contributed by atoms with Crippen LogP contribution in [0.2, 0.25) is 0 Å². The van der Waals surface area contributed by atoms with Gasteiger partial charge >= 0.3 is 0 Å². The maximum absolute atomic E-state index is 12.6. The van der Waals surface area contributed by atoms with Crippen LogP contribution >= 0.6 is 0 Å².